The minimum absolute atomic E-state index is 0.170. The van der Waals surface area contributed by atoms with Gasteiger partial charge in [-0.15, -0.1) is 0 Å². The molecule has 2 aliphatic heterocycles. The number of hydrogen-bond donors (Lipinski definition) is 1. The van der Waals surface area contributed by atoms with Crippen molar-refractivity contribution in [1.29, 1.82) is 0 Å². The first-order valence-electron chi connectivity index (χ1n) is 11.1. The molecule has 0 bridgehead atoms. The first kappa shape index (κ1) is 23.0. The van der Waals surface area contributed by atoms with Gasteiger partial charge in [0.15, 0.2) is 5.11 Å². The summed E-state index contributed by atoms with van der Waals surface area (Å²) < 4.78 is 5.46. The molecule has 0 saturated carbocycles. The van der Waals surface area contributed by atoms with Gasteiger partial charge >= 0.3 is 0 Å². The first-order valence-corrected chi connectivity index (χ1v) is 11.6. The Morgan fingerprint density at radius 2 is 1.90 bits per heavy atom. The van der Waals surface area contributed by atoms with E-state index in [1.54, 1.807) is 6.92 Å². The summed E-state index contributed by atoms with van der Waals surface area (Å²) in [6.07, 6.45) is 3.00. The van der Waals surface area contributed by atoms with Gasteiger partial charge in [-0.05, 0) is 62.5 Å². The van der Waals surface area contributed by atoms with E-state index in [1.807, 2.05) is 4.90 Å². The fraction of sp³-hybridized carbons (Fsp3) is 0.652. The maximum atomic E-state index is 11.7. The van der Waals surface area contributed by atoms with Crippen molar-refractivity contribution in [3.63, 3.8) is 0 Å². The van der Waals surface area contributed by atoms with Crippen molar-refractivity contribution in [2.45, 2.75) is 46.1 Å². The predicted octanol–water partition coefficient (Wildman–Crippen LogP) is 3.04. The summed E-state index contributed by atoms with van der Waals surface area (Å²) in [5.74, 6) is 0.170. The van der Waals surface area contributed by atoms with Gasteiger partial charge in [0.2, 0.25) is 5.91 Å². The van der Waals surface area contributed by atoms with Crippen molar-refractivity contribution in [3.8, 4) is 0 Å². The lowest BCUT2D eigenvalue weighted by Gasteiger charge is -2.40. The van der Waals surface area contributed by atoms with Gasteiger partial charge in [0.1, 0.15) is 0 Å². The Morgan fingerprint density at radius 1 is 1.20 bits per heavy atom. The van der Waals surface area contributed by atoms with Gasteiger partial charge in [0.25, 0.3) is 0 Å². The Hall–Kier alpha value is -1.70. The molecule has 2 saturated heterocycles. The number of piperidine rings is 1. The molecule has 2 heterocycles. The molecule has 6 nitrogen and oxygen atoms in total. The van der Waals surface area contributed by atoms with Crippen molar-refractivity contribution < 1.29 is 9.53 Å². The van der Waals surface area contributed by atoms with Gasteiger partial charge in [0.05, 0.1) is 13.2 Å². The van der Waals surface area contributed by atoms with E-state index in [1.165, 1.54) is 11.1 Å². The van der Waals surface area contributed by atoms with Crippen LogP contribution >= 0.6 is 12.2 Å². The van der Waals surface area contributed by atoms with Gasteiger partial charge in [-0.1, -0.05) is 12.1 Å². The van der Waals surface area contributed by atoms with Gasteiger partial charge in [-0.3, -0.25) is 9.69 Å². The van der Waals surface area contributed by atoms with E-state index < -0.39 is 0 Å². The summed E-state index contributed by atoms with van der Waals surface area (Å²) in [6, 6.07) is 6.79. The zero-order valence-corrected chi connectivity index (χ0v) is 19.5. The second kappa shape index (κ2) is 11.1. The maximum Gasteiger partial charge on any atom is 0.219 e. The van der Waals surface area contributed by atoms with Crippen LogP contribution in [0.15, 0.2) is 18.2 Å². The number of nitrogens with zero attached hydrogens (tertiary/aromatic N) is 3. The van der Waals surface area contributed by atoms with Crippen LogP contribution in [0.5, 0.6) is 0 Å². The smallest absolute Gasteiger partial charge is 0.219 e. The van der Waals surface area contributed by atoms with Crippen LogP contribution in [0.25, 0.3) is 0 Å². The van der Waals surface area contributed by atoms with E-state index in [2.05, 4.69) is 47.2 Å². The third-order valence-corrected chi connectivity index (χ3v) is 6.56. The monoisotopic (exact) mass is 432 g/mol. The number of nitrogens with one attached hydrogen (secondary N) is 1. The van der Waals surface area contributed by atoms with Crippen LogP contribution in [0.4, 0.5) is 5.69 Å². The van der Waals surface area contributed by atoms with E-state index >= 15 is 0 Å². The molecule has 0 spiro atoms. The predicted molar refractivity (Wildman–Crippen MR) is 126 cm³/mol. The van der Waals surface area contributed by atoms with Crippen LogP contribution in [-0.4, -0.2) is 84.2 Å². The highest BCUT2D eigenvalue weighted by molar-refractivity contribution is 7.80. The summed E-state index contributed by atoms with van der Waals surface area (Å²) in [6.45, 7) is 13.2. The van der Waals surface area contributed by atoms with Crippen LogP contribution in [0.3, 0.4) is 0 Å². The van der Waals surface area contributed by atoms with Crippen LogP contribution < -0.4 is 5.32 Å². The number of aryl methyl sites for hydroxylation is 2. The van der Waals surface area contributed by atoms with Crippen molar-refractivity contribution in [1.82, 2.24) is 14.7 Å². The Labute approximate surface area is 186 Å². The Kier molecular flexibility index (Phi) is 8.48. The number of amides is 1. The molecule has 1 aromatic rings. The number of hydrogen-bond acceptors (Lipinski definition) is 4. The van der Waals surface area contributed by atoms with Crippen LogP contribution in [-0.2, 0) is 9.53 Å². The zero-order valence-electron chi connectivity index (χ0n) is 18.7. The minimum atomic E-state index is 0.170. The molecule has 0 radical (unpaired) electrons. The van der Waals surface area contributed by atoms with Crippen LogP contribution in [0, 0.1) is 13.8 Å². The molecule has 0 aliphatic carbocycles. The lowest BCUT2D eigenvalue weighted by molar-refractivity contribution is -0.130. The van der Waals surface area contributed by atoms with Crippen molar-refractivity contribution >= 4 is 28.9 Å². The van der Waals surface area contributed by atoms with Gasteiger partial charge in [-0.25, -0.2) is 0 Å². The minimum Gasteiger partial charge on any atom is -0.379 e. The molecule has 2 fully saturated rings. The van der Waals surface area contributed by atoms with Crippen LogP contribution in [0.1, 0.15) is 37.3 Å². The van der Waals surface area contributed by atoms with E-state index in [4.69, 9.17) is 17.0 Å². The highest BCUT2D eigenvalue weighted by atomic mass is 32.1. The number of benzene rings is 1. The highest BCUT2D eigenvalue weighted by Crippen LogP contribution is 2.21. The molecule has 1 amide bonds. The average Bonchev–Trinajstić information content (AvgIpc) is 2.74. The van der Waals surface area contributed by atoms with E-state index in [9.17, 15) is 4.79 Å². The molecule has 30 heavy (non-hydrogen) atoms. The van der Waals surface area contributed by atoms with E-state index in [0.717, 1.165) is 82.5 Å². The number of likely N-dealkylation sites (tertiary alicyclic amines) is 1. The van der Waals surface area contributed by atoms with E-state index in [-0.39, 0.29) is 5.91 Å². The number of thiocarbonyl (C=S) groups is 1. The van der Waals surface area contributed by atoms with E-state index in [0.29, 0.717) is 6.04 Å². The summed E-state index contributed by atoms with van der Waals surface area (Å²) in [5, 5.41) is 4.31. The van der Waals surface area contributed by atoms with Crippen molar-refractivity contribution in [2.75, 3.05) is 57.8 Å². The molecule has 1 N–H and O–H groups in total. The molecular formula is C23H36N4O2S. The second-order valence-corrected chi connectivity index (χ2v) is 8.87. The maximum absolute atomic E-state index is 11.7. The number of rotatable bonds is 6. The lowest BCUT2D eigenvalue weighted by atomic mass is 10.0. The number of ether oxygens (including phenoxy) is 1. The van der Waals surface area contributed by atoms with Crippen molar-refractivity contribution in [3.05, 3.63) is 29.3 Å². The molecule has 1 aromatic carbocycles. The summed E-state index contributed by atoms with van der Waals surface area (Å²) in [5.41, 5.74) is 3.50. The van der Waals surface area contributed by atoms with Crippen molar-refractivity contribution in [2.24, 2.45) is 0 Å². The topological polar surface area (TPSA) is 48.1 Å². The van der Waals surface area contributed by atoms with Gasteiger partial charge < -0.3 is 19.9 Å². The molecule has 0 atom stereocenters. The Bertz CT molecular complexity index is 728. The zero-order chi connectivity index (χ0) is 21.5. The fourth-order valence-electron chi connectivity index (χ4n) is 4.29. The largest absolute Gasteiger partial charge is 0.379 e. The molecule has 7 heteroatoms. The van der Waals surface area contributed by atoms with Gasteiger partial charge in [-0.2, -0.15) is 0 Å². The standard InChI is InChI=1S/C23H36N4O2S/c1-18-5-6-19(2)22(17-18)24-23(30)27(10-4-9-25-13-15-29-16-14-25)21-7-11-26(12-8-21)20(3)28/h5-6,17,21H,4,7-16H2,1-3H3,(H,24,30). The Balaban J connectivity index is 1.63. The number of carbonyl (C=O) groups is 1. The summed E-state index contributed by atoms with van der Waals surface area (Å²) in [7, 11) is 0. The third-order valence-electron chi connectivity index (χ3n) is 6.22. The number of carbonyl (C=O) groups excluding carboxylic acids is 1. The lowest BCUT2D eigenvalue weighted by Crippen LogP contribution is -2.50. The summed E-state index contributed by atoms with van der Waals surface area (Å²) in [4.78, 5) is 18.5. The molecule has 0 unspecified atom stereocenters. The highest BCUT2D eigenvalue weighted by Gasteiger charge is 2.27. The molecule has 0 aromatic heterocycles. The molecule has 2 aliphatic rings. The number of anilines is 1. The molecular weight excluding hydrogens is 396 g/mol. The molecule has 166 valence electrons. The van der Waals surface area contributed by atoms with Crippen LogP contribution in [0.2, 0.25) is 0 Å². The fourth-order valence-corrected chi connectivity index (χ4v) is 4.64. The van der Waals surface area contributed by atoms with Gasteiger partial charge in [0, 0.05) is 57.9 Å². The first-order chi connectivity index (χ1) is 14.4. The summed E-state index contributed by atoms with van der Waals surface area (Å²) >= 11 is 5.89. The quantitative estimate of drug-likeness (QED) is 0.698. The SMILES string of the molecule is CC(=O)N1CCC(N(CCCN2CCOCC2)C(=S)Nc2cc(C)ccc2C)CC1. The average molecular weight is 433 g/mol. The third kappa shape index (κ3) is 6.40. The normalized spacial score (nSPS) is 18.3. The second-order valence-electron chi connectivity index (χ2n) is 8.49. The Morgan fingerprint density at radius 3 is 2.57 bits per heavy atom. The number of morpholine rings is 1. The molecule has 3 rings (SSSR count).